The van der Waals surface area contributed by atoms with E-state index in [1.807, 2.05) is 7.05 Å². The van der Waals surface area contributed by atoms with Gasteiger partial charge in [0, 0.05) is 20.0 Å². The maximum atomic E-state index is 11.4. The Balaban J connectivity index is 2.11. The average Bonchev–Trinajstić information content (AvgIpc) is 2.83. The molecule has 0 aromatic heterocycles. The summed E-state index contributed by atoms with van der Waals surface area (Å²) in [4.78, 5) is 13.2. The van der Waals surface area contributed by atoms with Gasteiger partial charge in [0.15, 0.2) is 0 Å². The van der Waals surface area contributed by atoms with Crippen molar-refractivity contribution in [1.29, 1.82) is 0 Å². The van der Waals surface area contributed by atoms with Crippen molar-refractivity contribution in [3.63, 3.8) is 0 Å². The van der Waals surface area contributed by atoms with Crippen molar-refractivity contribution in [3.05, 3.63) is 0 Å². The number of amides is 1. The van der Waals surface area contributed by atoms with E-state index in [0.29, 0.717) is 12.5 Å². The lowest BCUT2D eigenvalue weighted by atomic mass is 10.2. The van der Waals surface area contributed by atoms with Gasteiger partial charge in [-0.3, -0.25) is 4.79 Å². The molecule has 1 amide bonds. The van der Waals surface area contributed by atoms with Crippen LogP contribution in [0.1, 0.15) is 25.7 Å². The third kappa shape index (κ3) is 3.22. The molecule has 0 aliphatic heterocycles. The second kappa shape index (κ2) is 4.45. The van der Waals surface area contributed by atoms with Crippen LogP contribution in [0.4, 0.5) is 0 Å². The fourth-order valence-corrected chi connectivity index (χ4v) is 1.18. The molecule has 1 saturated carbocycles. The normalized spacial score (nSPS) is 16.2. The fraction of sp³-hybridized carbons (Fsp3) is 0.889. The molecule has 0 saturated heterocycles. The lowest BCUT2D eigenvalue weighted by molar-refractivity contribution is -0.130. The molecule has 1 aliphatic rings. The summed E-state index contributed by atoms with van der Waals surface area (Å²) in [6, 6.07) is 0. The van der Waals surface area contributed by atoms with Crippen molar-refractivity contribution in [3.8, 4) is 0 Å². The number of carbonyl (C=O) groups is 1. The SMILES string of the molecule is CN(CCCN)C(=O)CC1CC1. The van der Waals surface area contributed by atoms with Crippen molar-refractivity contribution in [2.75, 3.05) is 20.1 Å². The summed E-state index contributed by atoms with van der Waals surface area (Å²) in [5.41, 5.74) is 5.35. The van der Waals surface area contributed by atoms with Crippen LogP contribution in [0.15, 0.2) is 0 Å². The highest BCUT2D eigenvalue weighted by Crippen LogP contribution is 2.32. The zero-order valence-electron chi connectivity index (χ0n) is 7.75. The Bertz CT molecular complexity index is 155. The maximum absolute atomic E-state index is 11.4. The third-order valence-corrected chi connectivity index (χ3v) is 2.28. The first-order valence-corrected chi connectivity index (χ1v) is 4.68. The van der Waals surface area contributed by atoms with Crippen LogP contribution in [-0.4, -0.2) is 30.9 Å². The molecule has 70 valence electrons. The Morgan fingerprint density at radius 3 is 2.75 bits per heavy atom. The topological polar surface area (TPSA) is 46.3 Å². The molecule has 0 aromatic carbocycles. The van der Waals surface area contributed by atoms with E-state index in [1.165, 1.54) is 12.8 Å². The van der Waals surface area contributed by atoms with Gasteiger partial charge in [0.2, 0.25) is 5.91 Å². The molecule has 3 heteroatoms. The average molecular weight is 170 g/mol. The molecule has 12 heavy (non-hydrogen) atoms. The van der Waals surface area contributed by atoms with Crippen LogP contribution >= 0.6 is 0 Å². The van der Waals surface area contributed by atoms with E-state index in [0.717, 1.165) is 19.4 Å². The Morgan fingerprint density at radius 2 is 2.25 bits per heavy atom. The van der Waals surface area contributed by atoms with Gasteiger partial charge in [0.25, 0.3) is 0 Å². The van der Waals surface area contributed by atoms with Crippen LogP contribution in [0, 0.1) is 5.92 Å². The van der Waals surface area contributed by atoms with Crippen molar-refractivity contribution in [2.24, 2.45) is 11.7 Å². The van der Waals surface area contributed by atoms with Gasteiger partial charge >= 0.3 is 0 Å². The summed E-state index contributed by atoms with van der Waals surface area (Å²) in [6.45, 7) is 1.48. The van der Waals surface area contributed by atoms with Crippen LogP contribution in [0.2, 0.25) is 0 Å². The Kier molecular flexibility index (Phi) is 3.53. The minimum Gasteiger partial charge on any atom is -0.346 e. The number of nitrogens with two attached hydrogens (primary N) is 1. The molecule has 0 aromatic rings. The molecule has 3 nitrogen and oxygen atoms in total. The summed E-state index contributed by atoms with van der Waals surface area (Å²) in [5.74, 6) is 0.976. The van der Waals surface area contributed by atoms with Crippen molar-refractivity contribution < 1.29 is 4.79 Å². The summed E-state index contributed by atoms with van der Waals surface area (Å²) in [5, 5.41) is 0. The molecular formula is C9H18N2O. The van der Waals surface area contributed by atoms with E-state index in [2.05, 4.69) is 0 Å². The second-order valence-electron chi connectivity index (χ2n) is 3.61. The molecule has 0 atom stereocenters. The highest BCUT2D eigenvalue weighted by molar-refractivity contribution is 5.76. The Morgan fingerprint density at radius 1 is 1.58 bits per heavy atom. The minimum absolute atomic E-state index is 0.283. The summed E-state index contributed by atoms with van der Waals surface area (Å²) in [7, 11) is 1.86. The molecular weight excluding hydrogens is 152 g/mol. The predicted octanol–water partition coefficient (Wildman–Crippen LogP) is 0.594. The third-order valence-electron chi connectivity index (χ3n) is 2.28. The van der Waals surface area contributed by atoms with E-state index in [4.69, 9.17) is 5.73 Å². The van der Waals surface area contributed by atoms with Gasteiger partial charge in [-0.15, -0.1) is 0 Å². The summed E-state index contributed by atoms with van der Waals surface area (Å²) in [6.07, 6.45) is 4.15. The molecule has 0 bridgehead atoms. The predicted molar refractivity (Wildman–Crippen MR) is 48.6 cm³/mol. The first-order chi connectivity index (χ1) is 5.74. The largest absolute Gasteiger partial charge is 0.346 e. The molecule has 0 heterocycles. The van der Waals surface area contributed by atoms with Crippen molar-refractivity contribution in [2.45, 2.75) is 25.7 Å². The van der Waals surface area contributed by atoms with E-state index in [-0.39, 0.29) is 5.91 Å². The molecule has 1 aliphatic carbocycles. The van der Waals surface area contributed by atoms with Gasteiger partial charge in [-0.1, -0.05) is 0 Å². The number of hydrogen-bond acceptors (Lipinski definition) is 2. The van der Waals surface area contributed by atoms with Crippen LogP contribution in [0.3, 0.4) is 0 Å². The van der Waals surface area contributed by atoms with Crippen molar-refractivity contribution in [1.82, 2.24) is 4.90 Å². The Hall–Kier alpha value is -0.570. The van der Waals surface area contributed by atoms with E-state index in [1.54, 1.807) is 4.90 Å². The number of nitrogens with zero attached hydrogens (tertiary/aromatic N) is 1. The Labute approximate surface area is 73.9 Å². The quantitative estimate of drug-likeness (QED) is 0.656. The molecule has 1 rings (SSSR count). The van der Waals surface area contributed by atoms with Gasteiger partial charge in [-0.05, 0) is 31.7 Å². The number of hydrogen-bond donors (Lipinski definition) is 1. The number of carbonyl (C=O) groups excluding carboxylic acids is 1. The fourth-order valence-electron chi connectivity index (χ4n) is 1.18. The van der Waals surface area contributed by atoms with Gasteiger partial charge in [0.1, 0.15) is 0 Å². The summed E-state index contributed by atoms with van der Waals surface area (Å²) < 4.78 is 0. The highest BCUT2D eigenvalue weighted by Gasteiger charge is 2.25. The van der Waals surface area contributed by atoms with Gasteiger partial charge < -0.3 is 10.6 Å². The van der Waals surface area contributed by atoms with E-state index >= 15 is 0 Å². The molecule has 0 spiro atoms. The van der Waals surface area contributed by atoms with Gasteiger partial charge in [-0.2, -0.15) is 0 Å². The first kappa shape index (κ1) is 9.52. The molecule has 0 unspecified atom stereocenters. The second-order valence-corrected chi connectivity index (χ2v) is 3.61. The molecule has 2 N–H and O–H groups in total. The smallest absolute Gasteiger partial charge is 0.222 e. The molecule has 1 fully saturated rings. The van der Waals surface area contributed by atoms with Crippen LogP contribution in [0.25, 0.3) is 0 Å². The highest BCUT2D eigenvalue weighted by atomic mass is 16.2. The first-order valence-electron chi connectivity index (χ1n) is 4.68. The monoisotopic (exact) mass is 170 g/mol. The van der Waals surface area contributed by atoms with Crippen LogP contribution in [0.5, 0.6) is 0 Å². The van der Waals surface area contributed by atoms with Crippen LogP contribution in [-0.2, 0) is 4.79 Å². The number of rotatable bonds is 5. The lowest BCUT2D eigenvalue weighted by Crippen LogP contribution is -2.29. The maximum Gasteiger partial charge on any atom is 0.222 e. The zero-order chi connectivity index (χ0) is 8.97. The van der Waals surface area contributed by atoms with E-state index in [9.17, 15) is 4.79 Å². The lowest BCUT2D eigenvalue weighted by Gasteiger charge is -2.16. The minimum atomic E-state index is 0.283. The standard InChI is InChI=1S/C9H18N2O/c1-11(6-2-5-10)9(12)7-8-3-4-8/h8H,2-7,10H2,1H3. The van der Waals surface area contributed by atoms with E-state index < -0.39 is 0 Å². The molecule has 0 radical (unpaired) electrons. The van der Waals surface area contributed by atoms with Crippen molar-refractivity contribution >= 4 is 5.91 Å². The van der Waals surface area contributed by atoms with Gasteiger partial charge in [-0.25, -0.2) is 0 Å². The van der Waals surface area contributed by atoms with Gasteiger partial charge in [0.05, 0.1) is 0 Å². The zero-order valence-corrected chi connectivity index (χ0v) is 7.75. The summed E-state index contributed by atoms with van der Waals surface area (Å²) >= 11 is 0. The van der Waals surface area contributed by atoms with Crippen LogP contribution < -0.4 is 5.73 Å².